The van der Waals surface area contributed by atoms with Crippen molar-refractivity contribution < 1.29 is 14.6 Å². The first-order valence-electron chi connectivity index (χ1n) is 5.84. The SMILES string of the molecule is CCOC(C(O)C1CCOC1)C(C)(C)C. The third kappa shape index (κ3) is 3.44. The van der Waals surface area contributed by atoms with Gasteiger partial charge >= 0.3 is 0 Å². The number of ether oxygens (including phenoxy) is 2. The lowest BCUT2D eigenvalue weighted by Crippen LogP contribution is -2.44. The second-order valence-electron chi connectivity index (χ2n) is 5.36. The average Bonchev–Trinajstić information content (AvgIpc) is 2.63. The molecular formula is C12H24O3. The van der Waals surface area contributed by atoms with Gasteiger partial charge < -0.3 is 14.6 Å². The van der Waals surface area contributed by atoms with Gasteiger partial charge in [0.15, 0.2) is 0 Å². The van der Waals surface area contributed by atoms with Crippen LogP contribution in [0.5, 0.6) is 0 Å². The molecule has 3 heteroatoms. The molecule has 3 atom stereocenters. The lowest BCUT2D eigenvalue weighted by molar-refractivity contribution is -0.108. The summed E-state index contributed by atoms with van der Waals surface area (Å²) in [5, 5.41) is 10.3. The van der Waals surface area contributed by atoms with Crippen LogP contribution in [0.1, 0.15) is 34.1 Å². The summed E-state index contributed by atoms with van der Waals surface area (Å²) in [5.41, 5.74) is -0.0297. The summed E-state index contributed by atoms with van der Waals surface area (Å²) in [6.45, 7) is 10.4. The van der Waals surface area contributed by atoms with Gasteiger partial charge in [-0.3, -0.25) is 0 Å². The van der Waals surface area contributed by atoms with E-state index in [0.29, 0.717) is 13.2 Å². The van der Waals surface area contributed by atoms with Crippen molar-refractivity contribution in [3.63, 3.8) is 0 Å². The molecule has 1 aliphatic rings. The van der Waals surface area contributed by atoms with Crippen LogP contribution in [-0.2, 0) is 9.47 Å². The Morgan fingerprint density at radius 2 is 2.13 bits per heavy atom. The molecule has 0 bridgehead atoms. The maximum atomic E-state index is 10.3. The zero-order valence-corrected chi connectivity index (χ0v) is 10.3. The molecule has 0 saturated carbocycles. The normalized spacial score (nSPS) is 26.6. The highest BCUT2D eigenvalue weighted by molar-refractivity contribution is 4.87. The fourth-order valence-corrected chi connectivity index (χ4v) is 2.11. The average molecular weight is 216 g/mol. The van der Waals surface area contributed by atoms with Gasteiger partial charge in [0, 0.05) is 19.1 Å². The third-order valence-corrected chi connectivity index (χ3v) is 2.96. The summed E-state index contributed by atoms with van der Waals surface area (Å²) >= 11 is 0. The van der Waals surface area contributed by atoms with Crippen LogP contribution in [-0.4, -0.2) is 37.1 Å². The van der Waals surface area contributed by atoms with Crippen molar-refractivity contribution in [1.82, 2.24) is 0 Å². The van der Waals surface area contributed by atoms with Crippen molar-refractivity contribution in [2.24, 2.45) is 11.3 Å². The van der Waals surface area contributed by atoms with Gasteiger partial charge in [-0.2, -0.15) is 0 Å². The van der Waals surface area contributed by atoms with Gasteiger partial charge in [0.05, 0.1) is 18.8 Å². The van der Waals surface area contributed by atoms with Crippen LogP contribution in [0.25, 0.3) is 0 Å². The zero-order valence-electron chi connectivity index (χ0n) is 10.3. The Kier molecular flexibility index (Phi) is 4.56. The van der Waals surface area contributed by atoms with E-state index in [1.54, 1.807) is 0 Å². The van der Waals surface area contributed by atoms with Crippen molar-refractivity contribution in [3.8, 4) is 0 Å². The molecule has 0 spiro atoms. The minimum absolute atomic E-state index is 0.0297. The third-order valence-electron chi connectivity index (χ3n) is 2.96. The topological polar surface area (TPSA) is 38.7 Å². The van der Waals surface area contributed by atoms with E-state index in [2.05, 4.69) is 20.8 Å². The minimum Gasteiger partial charge on any atom is -0.390 e. The van der Waals surface area contributed by atoms with E-state index in [-0.39, 0.29) is 17.4 Å². The maximum absolute atomic E-state index is 10.3. The van der Waals surface area contributed by atoms with E-state index in [0.717, 1.165) is 13.0 Å². The van der Waals surface area contributed by atoms with Crippen molar-refractivity contribution in [1.29, 1.82) is 0 Å². The van der Waals surface area contributed by atoms with Gasteiger partial charge in [0.2, 0.25) is 0 Å². The van der Waals surface area contributed by atoms with Crippen LogP contribution < -0.4 is 0 Å². The van der Waals surface area contributed by atoms with Crippen LogP contribution in [0, 0.1) is 11.3 Å². The molecule has 0 aliphatic carbocycles. The molecule has 15 heavy (non-hydrogen) atoms. The molecule has 3 unspecified atom stereocenters. The summed E-state index contributed by atoms with van der Waals surface area (Å²) in [4.78, 5) is 0. The standard InChI is InChI=1S/C12H24O3/c1-5-15-11(12(2,3)4)10(13)9-6-7-14-8-9/h9-11,13H,5-8H2,1-4H3. The van der Waals surface area contributed by atoms with E-state index in [1.807, 2.05) is 6.92 Å². The molecule has 1 N–H and O–H groups in total. The van der Waals surface area contributed by atoms with E-state index >= 15 is 0 Å². The summed E-state index contributed by atoms with van der Waals surface area (Å²) in [6, 6.07) is 0. The van der Waals surface area contributed by atoms with Crippen LogP contribution in [0.3, 0.4) is 0 Å². The first kappa shape index (κ1) is 12.9. The molecule has 0 aromatic heterocycles. The van der Waals surface area contributed by atoms with Crippen molar-refractivity contribution >= 4 is 0 Å². The minimum atomic E-state index is -0.410. The number of aliphatic hydroxyl groups excluding tert-OH is 1. The molecule has 1 aliphatic heterocycles. The molecular weight excluding hydrogens is 192 g/mol. The number of aliphatic hydroxyl groups is 1. The number of hydrogen-bond donors (Lipinski definition) is 1. The second kappa shape index (κ2) is 5.28. The molecule has 3 nitrogen and oxygen atoms in total. The van der Waals surface area contributed by atoms with Crippen LogP contribution in [0.2, 0.25) is 0 Å². The van der Waals surface area contributed by atoms with Crippen LogP contribution in [0.4, 0.5) is 0 Å². The molecule has 90 valence electrons. The van der Waals surface area contributed by atoms with Crippen molar-refractivity contribution in [2.75, 3.05) is 19.8 Å². The molecule has 0 radical (unpaired) electrons. The van der Waals surface area contributed by atoms with Crippen molar-refractivity contribution in [2.45, 2.75) is 46.3 Å². The second-order valence-corrected chi connectivity index (χ2v) is 5.36. The Hall–Kier alpha value is -0.120. The van der Waals surface area contributed by atoms with E-state index < -0.39 is 6.10 Å². The van der Waals surface area contributed by atoms with Gasteiger partial charge in [-0.25, -0.2) is 0 Å². The van der Waals surface area contributed by atoms with Crippen molar-refractivity contribution in [3.05, 3.63) is 0 Å². The van der Waals surface area contributed by atoms with E-state index in [9.17, 15) is 5.11 Å². The number of hydrogen-bond acceptors (Lipinski definition) is 3. The van der Waals surface area contributed by atoms with Gasteiger partial charge in [-0.1, -0.05) is 20.8 Å². The highest BCUT2D eigenvalue weighted by atomic mass is 16.5. The Morgan fingerprint density at radius 1 is 1.47 bits per heavy atom. The van der Waals surface area contributed by atoms with Gasteiger partial charge in [0.25, 0.3) is 0 Å². The van der Waals surface area contributed by atoms with Gasteiger partial charge in [-0.15, -0.1) is 0 Å². The lowest BCUT2D eigenvalue weighted by atomic mass is 9.81. The van der Waals surface area contributed by atoms with Gasteiger partial charge in [0.1, 0.15) is 0 Å². The fraction of sp³-hybridized carbons (Fsp3) is 1.00. The summed E-state index contributed by atoms with van der Waals surface area (Å²) in [6.07, 6.45) is 0.433. The predicted octanol–water partition coefficient (Wildman–Crippen LogP) is 1.83. The Morgan fingerprint density at radius 3 is 2.53 bits per heavy atom. The Balaban J connectivity index is 2.61. The monoisotopic (exact) mass is 216 g/mol. The summed E-state index contributed by atoms with van der Waals surface area (Å²) < 4.78 is 11.0. The molecule has 0 aromatic rings. The molecule has 1 fully saturated rings. The Bertz CT molecular complexity index is 180. The first-order valence-corrected chi connectivity index (χ1v) is 5.84. The predicted molar refractivity (Wildman–Crippen MR) is 59.8 cm³/mol. The lowest BCUT2D eigenvalue weighted by Gasteiger charge is -2.36. The summed E-state index contributed by atoms with van der Waals surface area (Å²) in [5.74, 6) is 0.237. The number of rotatable bonds is 4. The highest BCUT2D eigenvalue weighted by Crippen LogP contribution is 2.30. The van der Waals surface area contributed by atoms with Crippen LogP contribution in [0.15, 0.2) is 0 Å². The largest absolute Gasteiger partial charge is 0.390 e. The molecule has 0 amide bonds. The molecule has 1 rings (SSSR count). The highest BCUT2D eigenvalue weighted by Gasteiger charge is 2.37. The maximum Gasteiger partial charge on any atom is 0.0885 e. The smallest absolute Gasteiger partial charge is 0.0885 e. The van der Waals surface area contributed by atoms with Gasteiger partial charge in [-0.05, 0) is 18.8 Å². The zero-order chi connectivity index (χ0) is 11.5. The molecule has 1 heterocycles. The van der Waals surface area contributed by atoms with Crippen LogP contribution >= 0.6 is 0 Å². The quantitative estimate of drug-likeness (QED) is 0.779. The summed E-state index contributed by atoms with van der Waals surface area (Å²) in [7, 11) is 0. The molecule has 0 aromatic carbocycles. The molecule has 1 saturated heterocycles. The van der Waals surface area contributed by atoms with E-state index in [4.69, 9.17) is 9.47 Å². The Labute approximate surface area is 92.8 Å². The first-order chi connectivity index (χ1) is 6.96. The van der Waals surface area contributed by atoms with E-state index in [1.165, 1.54) is 0 Å². The fourth-order valence-electron chi connectivity index (χ4n) is 2.11.